The van der Waals surface area contributed by atoms with Gasteiger partial charge in [-0.1, -0.05) is 0 Å². The number of fused-ring (bicyclic) bond motifs is 1. The van der Waals surface area contributed by atoms with Gasteiger partial charge in [0, 0.05) is 33.2 Å². The van der Waals surface area contributed by atoms with Crippen LogP contribution in [-0.2, 0) is 23.0 Å². The summed E-state index contributed by atoms with van der Waals surface area (Å²) < 4.78 is 36.2. The van der Waals surface area contributed by atoms with E-state index in [0.29, 0.717) is 25.4 Å². The van der Waals surface area contributed by atoms with Crippen molar-refractivity contribution in [3.8, 4) is 11.5 Å². The van der Waals surface area contributed by atoms with Gasteiger partial charge < -0.3 is 19.7 Å². The van der Waals surface area contributed by atoms with Crippen LogP contribution in [0.3, 0.4) is 0 Å². The summed E-state index contributed by atoms with van der Waals surface area (Å²) in [4.78, 5) is 6.45. The number of methoxy groups -OCH3 is 2. The minimum Gasteiger partial charge on any atom is -0.493 e. The van der Waals surface area contributed by atoms with Gasteiger partial charge in [-0.15, -0.1) is 0 Å². The molecule has 0 radical (unpaired) electrons. The van der Waals surface area contributed by atoms with Crippen molar-refractivity contribution in [1.29, 1.82) is 0 Å². The Labute approximate surface area is 155 Å². The minimum atomic E-state index is -3.17. The number of hydrogen-bond donors (Lipinski definition) is 2. The van der Waals surface area contributed by atoms with Crippen molar-refractivity contribution < 1.29 is 17.9 Å². The molecule has 146 valence electrons. The Bertz CT molecular complexity index is 749. The van der Waals surface area contributed by atoms with Crippen LogP contribution in [0.1, 0.15) is 18.1 Å². The molecule has 0 aromatic heterocycles. The van der Waals surface area contributed by atoms with Gasteiger partial charge in [0.2, 0.25) is 10.0 Å². The van der Waals surface area contributed by atoms with Crippen LogP contribution in [0.4, 0.5) is 0 Å². The van der Waals surface area contributed by atoms with Gasteiger partial charge in [-0.2, -0.15) is 0 Å². The molecule has 1 heterocycles. The average Bonchev–Trinajstić information content (AvgIpc) is 2.66. The average molecular weight is 385 g/mol. The van der Waals surface area contributed by atoms with E-state index in [1.165, 1.54) is 11.1 Å². The molecule has 1 aliphatic heterocycles. The van der Waals surface area contributed by atoms with E-state index in [9.17, 15) is 8.42 Å². The third kappa shape index (κ3) is 5.01. The molecular weight excluding hydrogens is 356 g/mol. The largest absolute Gasteiger partial charge is 0.493 e. The van der Waals surface area contributed by atoms with E-state index < -0.39 is 10.0 Å². The lowest BCUT2D eigenvalue weighted by atomic mass is 9.99. The standard InChI is InChI=1S/C17H28N4O4S/c1-5-26(22,23)20-8-7-19-17(18-2)21-9-6-13-10-15(24-3)16(25-4)11-14(13)12-21/h10-11,20H,5-9,12H2,1-4H3,(H,18,19). The van der Waals surface area contributed by atoms with Crippen molar-refractivity contribution in [2.45, 2.75) is 19.9 Å². The van der Waals surface area contributed by atoms with E-state index in [1.807, 2.05) is 12.1 Å². The summed E-state index contributed by atoms with van der Waals surface area (Å²) in [7, 11) is 1.82. The van der Waals surface area contributed by atoms with Crippen molar-refractivity contribution in [2.75, 3.05) is 46.7 Å². The van der Waals surface area contributed by atoms with Crippen molar-refractivity contribution in [2.24, 2.45) is 4.99 Å². The molecule has 0 amide bonds. The highest BCUT2D eigenvalue weighted by Gasteiger charge is 2.21. The van der Waals surface area contributed by atoms with Crippen LogP contribution in [0, 0.1) is 0 Å². The predicted molar refractivity (Wildman–Crippen MR) is 102 cm³/mol. The van der Waals surface area contributed by atoms with Crippen LogP contribution in [0.2, 0.25) is 0 Å². The maximum absolute atomic E-state index is 11.5. The molecule has 0 saturated heterocycles. The molecule has 0 unspecified atom stereocenters. The molecule has 1 aliphatic rings. The van der Waals surface area contributed by atoms with Crippen LogP contribution in [0.15, 0.2) is 17.1 Å². The van der Waals surface area contributed by atoms with Gasteiger partial charge in [0.25, 0.3) is 0 Å². The highest BCUT2D eigenvalue weighted by atomic mass is 32.2. The maximum Gasteiger partial charge on any atom is 0.211 e. The third-order valence-corrected chi connectivity index (χ3v) is 5.74. The van der Waals surface area contributed by atoms with Crippen molar-refractivity contribution >= 4 is 16.0 Å². The lowest BCUT2D eigenvalue weighted by Crippen LogP contribution is -2.46. The fourth-order valence-corrected chi connectivity index (χ4v) is 3.50. The Morgan fingerprint density at radius 3 is 2.42 bits per heavy atom. The van der Waals surface area contributed by atoms with Crippen molar-refractivity contribution in [1.82, 2.24) is 14.9 Å². The van der Waals surface area contributed by atoms with E-state index in [2.05, 4.69) is 19.9 Å². The van der Waals surface area contributed by atoms with Crippen LogP contribution >= 0.6 is 0 Å². The van der Waals surface area contributed by atoms with Crippen LogP contribution in [0.25, 0.3) is 0 Å². The molecule has 2 N–H and O–H groups in total. The molecule has 0 atom stereocenters. The van der Waals surface area contributed by atoms with E-state index in [4.69, 9.17) is 9.47 Å². The van der Waals surface area contributed by atoms with Gasteiger partial charge >= 0.3 is 0 Å². The van der Waals surface area contributed by atoms with Gasteiger partial charge in [-0.3, -0.25) is 4.99 Å². The van der Waals surface area contributed by atoms with Crippen molar-refractivity contribution in [3.63, 3.8) is 0 Å². The number of hydrogen-bond acceptors (Lipinski definition) is 5. The molecule has 26 heavy (non-hydrogen) atoms. The normalized spacial score (nSPS) is 14.8. The van der Waals surface area contributed by atoms with Gasteiger partial charge in [0.1, 0.15) is 0 Å². The molecule has 1 aromatic carbocycles. The molecule has 0 bridgehead atoms. The summed E-state index contributed by atoms with van der Waals surface area (Å²) in [6.45, 7) is 3.94. The monoisotopic (exact) mass is 384 g/mol. The number of ether oxygens (including phenoxy) is 2. The second-order valence-corrected chi connectivity index (χ2v) is 8.01. The summed E-state index contributed by atoms with van der Waals surface area (Å²) in [6.07, 6.45) is 0.874. The van der Waals surface area contributed by atoms with Crippen LogP contribution < -0.4 is 19.5 Å². The van der Waals surface area contributed by atoms with Crippen LogP contribution in [-0.4, -0.2) is 65.9 Å². The highest BCUT2D eigenvalue weighted by Crippen LogP contribution is 2.33. The zero-order chi connectivity index (χ0) is 19.2. The molecule has 0 spiro atoms. The number of aliphatic imine (C=N–C) groups is 1. The number of rotatable bonds is 7. The van der Waals surface area contributed by atoms with E-state index in [1.54, 1.807) is 28.2 Å². The van der Waals surface area contributed by atoms with Gasteiger partial charge in [0.05, 0.1) is 20.0 Å². The Hall–Kier alpha value is -2.00. The van der Waals surface area contributed by atoms with Crippen molar-refractivity contribution in [3.05, 3.63) is 23.3 Å². The maximum atomic E-state index is 11.5. The second-order valence-electron chi connectivity index (χ2n) is 5.92. The fraction of sp³-hybridized carbons (Fsp3) is 0.588. The highest BCUT2D eigenvalue weighted by molar-refractivity contribution is 7.89. The number of sulfonamides is 1. The molecule has 0 aliphatic carbocycles. The molecule has 0 saturated carbocycles. The Kier molecular flexibility index (Phi) is 7.10. The quantitative estimate of drug-likeness (QED) is 0.406. The van der Waals surface area contributed by atoms with Gasteiger partial charge in [0.15, 0.2) is 17.5 Å². The first kappa shape index (κ1) is 20.3. The van der Waals surface area contributed by atoms with E-state index in [0.717, 1.165) is 24.7 Å². The van der Waals surface area contributed by atoms with E-state index >= 15 is 0 Å². The molecule has 0 fully saturated rings. The lowest BCUT2D eigenvalue weighted by molar-refractivity contribution is 0.346. The zero-order valence-corrected chi connectivity index (χ0v) is 16.6. The molecule has 1 aromatic rings. The smallest absolute Gasteiger partial charge is 0.211 e. The first-order valence-corrected chi connectivity index (χ1v) is 10.3. The molecule has 8 nitrogen and oxygen atoms in total. The summed E-state index contributed by atoms with van der Waals surface area (Å²) in [5.74, 6) is 2.28. The SMILES string of the molecule is CCS(=O)(=O)NCCNC(=NC)N1CCc2cc(OC)c(OC)cc2C1. The Morgan fingerprint density at radius 1 is 1.19 bits per heavy atom. The molecular formula is C17H28N4O4S. The first-order chi connectivity index (χ1) is 12.4. The number of nitrogens with zero attached hydrogens (tertiary/aromatic N) is 2. The predicted octanol–water partition coefficient (Wildman–Crippen LogP) is 0.577. The topological polar surface area (TPSA) is 92.3 Å². The molecule has 9 heteroatoms. The second kappa shape index (κ2) is 9.09. The number of nitrogens with one attached hydrogen (secondary N) is 2. The number of benzene rings is 1. The Morgan fingerprint density at radius 2 is 1.85 bits per heavy atom. The zero-order valence-electron chi connectivity index (χ0n) is 15.8. The van der Waals surface area contributed by atoms with Gasteiger partial charge in [-0.05, 0) is 36.6 Å². The summed E-state index contributed by atoms with van der Waals surface area (Å²) in [5, 5.41) is 3.21. The minimum absolute atomic E-state index is 0.0793. The Balaban J connectivity index is 1.99. The van der Waals surface area contributed by atoms with Gasteiger partial charge in [-0.25, -0.2) is 13.1 Å². The summed E-state index contributed by atoms with van der Waals surface area (Å²) >= 11 is 0. The lowest BCUT2D eigenvalue weighted by Gasteiger charge is -2.32. The number of guanidine groups is 1. The summed E-state index contributed by atoms with van der Waals surface area (Å²) in [5.41, 5.74) is 2.41. The molecule has 2 rings (SSSR count). The summed E-state index contributed by atoms with van der Waals surface area (Å²) in [6, 6.07) is 4.03. The van der Waals surface area contributed by atoms with E-state index in [-0.39, 0.29) is 5.75 Å². The van der Waals surface area contributed by atoms with Crippen LogP contribution in [0.5, 0.6) is 11.5 Å². The first-order valence-electron chi connectivity index (χ1n) is 8.60. The third-order valence-electron chi connectivity index (χ3n) is 4.34. The fourth-order valence-electron chi connectivity index (χ4n) is 2.88.